The molecule has 3 atom stereocenters. The quantitative estimate of drug-likeness (QED) is 0.595. The van der Waals surface area contributed by atoms with Crippen LogP contribution < -0.4 is 0 Å². The van der Waals surface area contributed by atoms with E-state index in [0.717, 1.165) is 6.42 Å². The molecule has 7 heteroatoms. The number of benzene rings is 1. The minimum absolute atomic E-state index is 0.0741. The fraction of sp³-hybridized carbons (Fsp3) is 0.600. The molecule has 0 bridgehead atoms. The minimum Gasteiger partial charge on any atom is -0.469 e. The smallest absolute Gasteiger partial charge is 0.328 e. The lowest BCUT2D eigenvalue weighted by Gasteiger charge is -2.32. The third kappa shape index (κ3) is 3.88. The van der Waals surface area contributed by atoms with Gasteiger partial charge < -0.3 is 9.47 Å². The number of cyclic esters (lactones) is 1. The molecule has 0 N–H and O–H groups in total. The molecule has 1 saturated heterocycles. The number of carbonyl (C=O) groups excluding carboxylic acids is 2. The lowest BCUT2D eigenvalue weighted by atomic mass is 9.82. The van der Waals surface area contributed by atoms with Crippen LogP contribution in [-0.4, -0.2) is 38.3 Å². The molecule has 1 aliphatic rings. The van der Waals surface area contributed by atoms with Crippen LogP contribution in [0.5, 0.6) is 0 Å². The Morgan fingerprint density at radius 3 is 2.41 bits per heavy atom. The van der Waals surface area contributed by atoms with Crippen LogP contribution in [0.15, 0.2) is 35.2 Å². The van der Waals surface area contributed by atoms with Gasteiger partial charge in [-0.05, 0) is 25.0 Å². The Bertz CT molecular complexity index is 758. The summed E-state index contributed by atoms with van der Waals surface area (Å²) in [5, 5.41) is 0. The number of methoxy groups -OCH3 is 1. The molecule has 0 amide bonds. The molecule has 6 nitrogen and oxygen atoms in total. The van der Waals surface area contributed by atoms with Crippen LogP contribution in [-0.2, 0) is 28.9 Å². The Morgan fingerprint density at radius 1 is 1.19 bits per heavy atom. The van der Waals surface area contributed by atoms with Crippen LogP contribution in [0, 0.1) is 5.92 Å². The number of sulfone groups is 1. The van der Waals surface area contributed by atoms with E-state index in [0.29, 0.717) is 19.3 Å². The molecule has 0 unspecified atom stereocenters. The van der Waals surface area contributed by atoms with Gasteiger partial charge in [0.05, 0.1) is 18.4 Å². The second-order valence-electron chi connectivity index (χ2n) is 6.93. The predicted octanol–water partition coefficient (Wildman–Crippen LogP) is 3.29. The van der Waals surface area contributed by atoms with Gasteiger partial charge in [0.2, 0.25) is 0 Å². The summed E-state index contributed by atoms with van der Waals surface area (Å²) in [7, 11) is -2.80. The van der Waals surface area contributed by atoms with Gasteiger partial charge in [-0.15, -0.1) is 0 Å². The zero-order valence-electron chi connectivity index (χ0n) is 16.1. The first-order valence-corrected chi connectivity index (χ1v) is 10.9. The third-order valence-electron chi connectivity index (χ3n) is 5.27. The molecule has 0 radical (unpaired) electrons. The van der Waals surface area contributed by atoms with Crippen molar-refractivity contribution in [3.63, 3.8) is 0 Å². The highest BCUT2D eigenvalue weighted by Crippen LogP contribution is 2.48. The van der Waals surface area contributed by atoms with Crippen LogP contribution in [0.25, 0.3) is 0 Å². The summed E-state index contributed by atoms with van der Waals surface area (Å²) >= 11 is 0. The summed E-state index contributed by atoms with van der Waals surface area (Å²) in [5.74, 6) is -2.05. The zero-order valence-corrected chi connectivity index (χ0v) is 17.0. The maximum atomic E-state index is 13.6. The molecule has 1 fully saturated rings. The van der Waals surface area contributed by atoms with Gasteiger partial charge in [-0.25, -0.2) is 8.42 Å². The Hall–Kier alpha value is -1.89. The van der Waals surface area contributed by atoms with Crippen LogP contribution in [0.4, 0.5) is 0 Å². The number of esters is 2. The van der Waals surface area contributed by atoms with Crippen LogP contribution in [0.2, 0.25) is 0 Å². The minimum atomic E-state index is -4.06. The highest BCUT2D eigenvalue weighted by Gasteiger charge is 2.65. The first-order chi connectivity index (χ1) is 12.8. The molecule has 1 aromatic carbocycles. The first kappa shape index (κ1) is 21.4. The summed E-state index contributed by atoms with van der Waals surface area (Å²) < 4.78 is 35.9. The largest absolute Gasteiger partial charge is 0.469 e. The Morgan fingerprint density at radius 2 is 1.85 bits per heavy atom. The molecule has 1 heterocycles. The fourth-order valence-electron chi connectivity index (χ4n) is 3.86. The van der Waals surface area contributed by atoms with Gasteiger partial charge in [-0.2, -0.15) is 0 Å². The van der Waals surface area contributed by atoms with Crippen molar-refractivity contribution in [1.29, 1.82) is 0 Å². The van der Waals surface area contributed by atoms with Gasteiger partial charge in [0.25, 0.3) is 0 Å². The van der Waals surface area contributed by atoms with E-state index in [2.05, 4.69) is 0 Å². The van der Waals surface area contributed by atoms with Gasteiger partial charge in [0.1, 0.15) is 6.10 Å². The third-order valence-corrected chi connectivity index (χ3v) is 7.80. The van der Waals surface area contributed by atoms with Crippen molar-refractivity contribution in [2.24, 2.45) is 5.92 Å². The molecular weight excluding hydrogens is 368 g/mol. The summed E-state index contributed by atoms with van der Waals surface area (Å²) in [6.45, 7) is 3.86. The topological polar surface area (TPSA) is 86.7 Å². The van der Waals surface area contributed by atoms with Gasteiger partial charge in [0.15, 0.2) is 14.6 Å². The lowest BCUT2D eigenvalue weighted by molar-refractivity contribution is -0.144. The summed E-state index contributed by atoms with van der Waals surface area (Å²) in [6, 6.07) is 7.94. The summed E-state index contributed by atoms with van der Waals surface area (Å²) in [6.07, 6.45) is 1.83. The number of rotatable bonds is 9. The van der Waals surface area contributed by atoms with E-state index >= 15 is 0 Å². The van der Waals surface area contributed by atoms with Gasteiger partial charge in [-0.3, -0.25) is 9.59 Å². The first-order valence-electron chi connectivity index (χ1n) is 9.42. The summed E-state index contributed by atoms with van der Waals surface area (Å²) in [4.78, 5) is 25.2. The van der Waals surface area contributed by atoms with Crippen LogP contribution >= 0.6 is 0 Å². The molecule has 2 rings (SSSR count). The maximum Gasteiger partial charge on any atom is 0.328 e. The van der Waals surface area contributed by atoms with E-state index in [9.17, 15) is 18.0 Å². The predicted molar refractivity (Wildman–Crippen MR) is 101 cm³/mol. The van der Waals surface area contributed by atoms with Crippen molar-refractivity contribution in [2.75, 3.05) is 7.11 Å². The molecule has 150 valence electrons. The van der Waals surface area contributed by atoms with Gasteiger partial charge >= 0.3 is 11.9 Å². The molecule has 1 aromatic rings. The fourth-order valence-corrected chi connectivity index (χ4v) is 6.11. The Labute approximate surface area is 161 Å². The zero-order chi connectivity index (χ0) is 20.1. The average Bonchev–Trinajstić information content (AvgIpc) is 2.93. The van der Waals surface area contributed by atoms with E-state index in [-0.39, 0.29) is 17.7 Å². The van der Waals surface area contributed by atoms with Gasteiger partial charge in [-0.1, -0.05) is 51.3 Å². The normalized spacial score (nSPS) is 25.2. The van der Waals surface area contributed by atoms with Gasteiger partial charge in [0, 0.05) is 5.92 Å². The molecule has 0 aromatic heterocycles. The highest BCUT2D eigenvalue weighted by molar-refractivity contribution is 7.93. The van der Waals surface area contributed by atoms with Crippen molar-refractivity contribution >= 4 is 21.8 Å². The average molecular weight is 397 g/mol. The molecule has 0 saturated carbocycles. The van der Waals surface area contributed by atoms with E-state index in [1.165, 1.54) is 19.2 Å². The molecule has 0 spiro atoms. The molecule has 0 aliphatic carbocycles. The number of hydrogen-bond acceptors (Lipinski definition) is 6. The van der Waals surface area contributed by atoms with Crippen molar-refractivity contribution in [3.05, 3.63) is 30.3 Å². The second kappa shape index (κ2) is 8.87. The molecule has 27 heavy (non-hydrogen) atoms. The Balaban J connectivity index is 2.64. The maximum absolute atomic E-state index is 13.6. The SMILES string of the molecule is CCCC[C@@]1(S(=O)(=O)c2ccccc2)C(=O)O[C@H](CCC)[C@H]1CC(=O)OC. The highest BCUT2D eigenvalue weighted by atomic mass is 32.2. The van der Waals surface area contributed by atoms with E-state index in [1.807, 2.05) is 13.8 Å². The lowest BCUT2D eigenvalue weighted by Crippen LogP contribution is -2.50. The van der Waals surface area contributed by atoms with Crippen LogP contribution in [0.1, 0.15) is 52.4 Å². The van der Waals surface area contributed by atoms with Crippen molar-refractivity contribution in [3.8, 4) is 0 Å². The van der Waals surface area contributed by atoms with E-state index in [1.54, 1.807) is 18.2 Å². The summed E-state index contributed by atoms with van der Waals surface area (Å²) in [5.41, 5.74) is 0. The number of hydrogen-bond donors (Lipinski definition) is 0. The van der Waals surface area contributed by atoms with Crippen molar-refractivity contribution in [2.45, 2.75) is 68.1 Å². The van der Waals surface area contributed by atoms with Crippen molar-refractivity contribution in [1.82, 2.24) is 0 Å². The Kier molecular flexibility index (Phi) is 7.03. The second-order valence-corrected chi connectivity index (χ2v) is 9.14. The number of carbonyl (C=O) groups is 2. The molecule has 1 aliphatic heterocycles. The number of ether oxygens (including phenoxy) is 2. The molecular formula is C20H28O6S. The standard InChI is InChI=1S/C20H28O6S/c1-4-6-13-20(27(23,24)15-11-8-7-9-12-15)16(14-18(21)25-3)17(10-5-2)26-19(20)22/h7-9,11-12,16-17H,4-6,10,13-14H2,1-3H3/t16-,17-,20+/m1/s1. The number of unbranched alkanes of at least 4 members (excludes halogenated alkanes) is 1. The van der Waals surface area contributed by atoms with Crippen molar-refractivity contribution < 1.29 is 27.5 Å². The van der Waals surface area contributed by atoms with E-state index < -0.39 is 38.5 Å². The van der Waals surface area contributed by atoms with Crippen LogP contribution in [0.3, 0.4) is 0 Å². The van der Waals surface area contributed by atoms with E-state index in [4.69, 9.17) is 9.47 Å². The monoisotopic (exact) mass is 396 g/mol.